The molecular formula is C66H42F6N2. The Hall–Kier alpha value is -9.14. The van der Waals surface area contributed by atoms with Crippen LogP contribution >= 0.6 is 0 Å². The minimum Gasteiger partial charge on any atom is -0.307 e. The molecule has 0 amide bonds. The third-order valence-corrected chi connectivity index (χ3v) is 13.9. The average molecular weight is 977 g/mol. The van der Waals surface area contributed by atoms with Crippen molar-refractivity contribution in [1.82, 2.24) is 0 Å². The molecule has 0 aromatic heterocycles. The zero-order valence-corrected chi connectivity index (χ0v) is 39.9. The van der Waals surface area contributed by atoms with Crippen molar-refractivity contribution < 1.29 is 26.3 Å². The topological polar surface area (TPSA) is 6.48 Å². The van der Waals surface area contributed by atoms with Gasteiger partial charge in [0.15, 0.2) is 0 Å². The van der Waals surface area contributed by atoms with E-state index in [0.29, 0.717) is 56.1 Å². The lowest BCUT2D eigenvalue weighted by Gasteiger charge is -2.30. The van der Waals surface area contributed by atoms with E-state index in [-0.39, 0.29) is 33.6 Å². The minimum atomic E-state index is -0.509. The molecule has 0 aliphatic carbocycles. The van der Waals surface area contributed by atoms with E-state index in [4.69, 9.17) is 0 Å². The highest BCUT2D eigenvalue weighted by Crippen LogP contribution is 2.50. The number of halogens is 6. The Bertz CT molecular complexity index is 3770. The van der Waals surface area contributed by atoms with Gasteiger partial charge in [0, 0.05) is 44.4 Å². The van der Waals surface area contributed by atoms with Crippen LogP contribution in [0, 0.1) is 48.8 Å². The second kappa shape index (κ2) is 18.5. The maximum Gasteiger partial charge on any atom is 0.147 e. The van der Waals surface area contributed by atoms with E-state index in [0.717, 1.165) is 32.3 Å². The monoisotopic (exact) mass is 976 g/mol. The SMILES string of the molecule is Cc1ccc(N(c2cc(-c3ccccc3F)cc(-c3ccccc3F)c2)c2ccc3ccc4c(N(c5cc(-c6ccccc6F)cc(-c6ccccc6F)c5)c5ccc(C)cc5F)ccc5ccc2c3c54)c(F)c1. The number of nitrogens with zero attached hydrogens (tertiary/aromatic N) is 2. The molecule has 12 rings (SSSR count). The van der Waals surface area contributed by atoms with Crippen LogP contribution in [-0.4, -0.2) is 0 Å². The van der Waals surface area contributed by atoms with Crippen LogP contribution in [0.1, 0.15) is 11.1 Å². The smallest absolute Gasteiger partial charge is 0.147 e. The van der Waals surface area contributed by atoms with Crippen LogP contribution in [-0.2, 0) is 0 Å². The first kappa shape index (κ1) is 46.0. The van der Waals surface area contributed by atoms with E-state index < -0.39 is 34.9 Å². The van der Waals surface area contributed by atoms with Crippen LogP contribution in [0.15, 0.2) is 218 Å². The molecule has 74 heavy (non-hydrogen) atoms. The van der Waals surface area contributed by atoms with Gasteiger partial charge in [-0.15, -0.1) is 0 Å². The van der Waals surface area contributed by atoms with Gasteiger partial charge < -0.3 is 9.80 Å². The fraction of sp³-hybridized carbons (Fsp3) is 0.0303. The second-order valence-corrected chi connectivity index (χ2v) is 18.6. The van der Waals surface area contributed by atoms with Crippen molar-refractivity contribution in [2.45, 2.75) is 13.8 Å². The van der Waals surface area contributed by atoms with Crippen LogP contribution in [0.5, 0.6) is 0 Å². The van der Waals surface area contributed by atoms with Gasteiger partial charge in [-0.05, 0) is 166 Å². The van der Waals surface area contributed by atoms with Gasteiger partial charge in [-0.25, -0.2) is 26.3 Å². The van der Waals surface area contributed by atoms with Gasteiger partial charge in [0.05, 0.1) is 22.7 Å². The first-order valence-corrected chi connectivity index (χ1v) is 24.1. The van der Waals surface area contributed by atoms with Crippen LogP contribution in [0.25, 0.3) is 76.8 Å². The predicted octanol–water partition coefficient (Wildman–Crippen LogP) is 19.6. The number of hydrogen-bond donors (Lipinski definition) is 0. The van der Waals surface area contributed by atoms with Crippen molar-refractivity contribution in [3.05, 3.63) is 264 Å². The van der Waals surface area contributed by atoms with Crippen molar-refractivity contribution in [1.29, 1.82) is 0 Å². The minimum absolute atomic E-state index is 0.206. The van der Waals surface area contributed by atoms with E-state index in [1.165, 1.54) is 36.4 Å². The van der Waals surface area contributed by atoms with Crippen molar-refractivity contribution in [3.63, 3.8) is 0 Å². The lowest BCUT2D eigenvalue weighted by molar-refractivity contribution is 0.627. The maximum absolute atomic E-state index is 16.8. The van der Waals surface area contributed by atoms with Crippen molar-refractivity contribution in [2.24, 2.45) is 0 Å². The molecule has 0 fully saturated rings. The van der Waals surface area contributed by atoms with Gasteiger partial charge in [-0.1, -0.05) is 121 Å². The highest BCUT2D eigenvalue weighted by molar-refractivity contribution is 6.28. The summed E-state index contributed by atoms with van der Waals surface area (Å²) in [4.78, 5) is 3.59. The molecule has 0 bridgehead atoms. The Kier molecular flexibility index (Phi) is 11.5. The molecule has 2 nitrogen and oxygen atoms in total. The normalized spacial score (nSPS) is 11.5. The Morgan fingerprint density at radius 2 is 0.568 bits per heavy atom. The summed E-state index contributed by atoms with van der Waals surface area (Å²) in [6.45, 7) is 3.62. The summed E-state index contributed by atoms with van der Waals surface area (Å²) in [7, 11) is 0. The van der Waals surface area contributed by atoms with Crippen molar-refractivity contribution in [2.75, 3.05) is 9.80 Å². The molecule has 12 aromatic carbocycles. The zero-order valence-electron chi connectivity index (χ0n) is 39.9. The molecule has 12 aromatic rings. The number of aryl methyl sites for hydroxylation is 2. The lowest BCUT2D eigenvalue weighted by atomic mass is 9.91. The van der Waals surface area contributed by atoms with Gasteiger partial charge in [0.25, 0.3) is 0 Å². The molecule has 8 heteroatoms. The molecular weight excluding hydrogens is 935 g/mol. The standard InChI is InChI=1S/C66H42F6N2/c1-39-19-27-63(59(71)31-39)73(47-35-43(49-11-3-7-15-55(49)67)33-44(36-47)50-12-4-8-16-56(50)68)61-29-23-41-22-26-54-62(30-24-42-21-25-53(61)65(41)66(42)54)74(64-28-20-40(2)32-60(64)72)48-37-45(51-13-5-9-17-57(51)69)34-46(38-48)52-14-6-10-18-58(52)70/h3-38H,1-2H3. The summed E-state index contributed by atoms with van der Waals surface area (Å²) in [6, 6.07) is 61.8. The third kappa shape index (κ3) is 8.05. The van der Waals surface area contributed by atoms with Crippen LogP contribution in [0.2, 0.25) is 0 Å². The van der Waals surface area contributed by atoms with Gasteiger partial charge in [0.1, 0.15) is 34.9 Å². The second-order valence-electron chi connectivity index (χ2n) is 18.6. The van der Waals surface area contributed by atoms with Crippen molar-refractivity contribution >= 4 is 66.4 Å². The fourth-order valence-corrected chi connectivity index (χ4v) is 10.4. The molecule has 0 aliphatic heterocycles. The highest BCUT2D eigenvalue weighted by Gasteiger charge is 2.26. The third-order valence-electron chi connectivity index (χ3n) is 13.9. The van der Waals surface area contributed by atoms with Crippen LogP contribution < -0.4 is 9.80 Å². The first-order valence-electron chi connectivity index (χ1n) is 24.1. The maximum atomic E-state index is 16.8. The van der Waals surface area contributed by atoms with E-state index in [9.17, 15) is 0 Å². The average Bonchev–Trinajstić information content (AvgIpc) is 3.41. The summed E-state index contributed by atoms with van der Waals surface area (Å²) in [5.41, 5.74) is 6.86. The molecule has 0 radical (unpaired) electrons. The van der Waals surface area contributed by atoms with Gasteiger partial charge in [-0.3, -0.25) is 0 Å². The quantitative estimate of drug-likeness (QED) is 0.0995. The Labute approximate surface area is 423 Å². The van der Waals surface area contributed by atoms with E-state index >= 15 is 26.3 Å². The lowest BCUT2D eigenvalue weighted by Crippen LogP contribution is -2.14. The molecule has 0 N–H and O–H groups in total. The molecule has 0 heterocycles. The first-order chi connectivity index (χ1) is 36.0. The highest BCUT2D eigenvalue weighted by atomic mass is 19.1. The van der Waals surface area contributed by atoms with Crippen molar-refractivity contribution in [3.8, 4) is 44.5 Å². The number of hydrogen-bond acceptors (Lipinski definition) is 2. The summed E-state index contributed by atoms with van der Waals surface area (Å²) < 4.78 is 96.8. The van der Waals surface area contributed by atoms with Crippen LogP contribution in [0.3, 0.4) is 0 Å². The van der Waals surface area contributed by atoms with Crippen LogP contribution in [0.4, 0.5) is 60.5 Å². The molecule has 0 aliphatic rings. The van der Waals surface area contributed by atoms with E-state index in [1.54, 1.807) is 131 Å². The fourth-order valence-electron chi connectivity index (χ4n) is 10.4. The van der Waals surface area contributed by atoms with Gasteiger partial charge in [-0.2, -0.15) is 0 Å². The molecule has 0 spiro atoms. The molecule has 0 saturated heterocycles. The van der Waals surface area contributed by atoms with Gasteiger partial charge >= 0.3 is 0 Å². The molecule has 358 valence electrons. The summed E-state index contributed by atoms with van der Waals surface area (Å²) in [5, 5.41) is 4.86. The molecule has 0 unspecified atom stereocenters. The number of rotatable bonds is 10. The van der Waals surface area contributed by atoms with Gasteiger partial charge in [0.2, 0.25) is 0 Å². The Morgan fingerprint density at radius 1 is 0.270 bits per heavy atom. The number of anilines is 6. The van der Waals surface area contributed by atoms with E-state index in [1.807, 2.05) is 74.5 Å². The summed E-state index contributed by atoms with van der Waals surface area (Å²) in [5.74, 6) is -2.92. The Morgan fingerprint density at radius 3 is 0.878 bits per heavy atom. The summed E-state index contributed by atoms with van der Waals surface area (Å²) in [6.07, 6.45) is 0. The predicted molar refractivity (Wildman–Crippen MR) is 290 cm³/mol. The Balaban J connectivity index is 1.13. The number of benzene rings is 12. The van der Waals surface area contributed by atoms with E-state index in [2.05, 4.69) is 0 Å². The molecule has 0 saturated carbocycles. The largest absolute Gasteiger partial charge is 0.307 e. The zero-order chi connectivity index (χ0) is 50.8. The molecule has 0 atom stereocenters. The summed E-state index contributed by atoms with van der Waals surface area (Å²) >= 11 is 0.